The summed E-state index contributed by atoms with van der Waals surface area (Å²) >= 11 is 3.18. The van der Waals surface area contributed by atoms with Gasteiger partial charge in [0.2, 0.25) is 0 Å². The molecule has 4 heterocycles. The number of carbonyl (C=O) groups excluding carboxylic acids is 1. The van der Waals surface area contributed by atoms with Gasteiger partial charge in [0.25, 0.3) is 5.91 Å². The van der Waals surface area contributed by atoms with E-state index in [1.165, 1.54) is 21.4 Å². The molecule has 1 N–H and O–H groups in total. The molecule has 2 saturated heterocycles. The first-order valence-corrected chi connectivity index (χ1v) is 12.6. The second kappa shape index (κ2) is 6.55. The average Bonchev–Trinajstić information content (AvgIpc) is 3.37. The van der Waals surface area contributed by atoms with E-state index in [1.807, 2.05) is 18.2 Å². The van der Waals surface area contributed by atoms with Crippen molar-refractivity contribution in [3.8, 4) is 0 Å². The van der Waals surface area contributed by atoms with Gasteiger partial charge in [-0.05, 0) is 38.1 Å². The summed E-state index contributed by atoms with van der Waals surface area (Å²) in [7, 11) is -3.10. The van der Waals surface area contributed by atoms with Crippen molar-refractivity contribution in [3.05, 3.63) is 35.2 Å². The lowest BCUT2D eigenvalue weighted by Crippen LogP contribution is -2.50. The Labute approximate surface area is 165 Å². The number of benzene rings is 1. The van der Waals surface area contributed by atoms with Crippen molar-refractivity contribution in [1.29, 1.82) is 0 Å². The molecule has 2 unspecified atom stereocenters. The minimum atomic E-state index is -3.10. The number of thiophene rings is 2. The van der Waals surface area contributed by atoms with Crippen LogP contribution in [0, 0.1) is 0 Å². The summed E-state index contributed by atoms with van der Waals surface area (Å²) in [5, 5.41) is 4.21. The molecule has 1 amide bonds. The molecule has 2 aliphatic rings. The Kier molecular flexibility index (Phi) is 4.27. The van der Waals surface area contributed by atoms with Gasteiger partial charge in [0, 0.05) is 20.8 Å². The molecule has 2 aromatic heterocycles. The Morgan fingerprint density at radius 2 is 1.85 bits per heavy atom. The third-order valence-electron chi connectivity index (χ3n) is 5.52. The van der Waals surface area contributed by atoms with Crippen molar-refractivity contribution >= 4 is 57.9 Å². The smallest absolute Gasteiger partial charge is 0.261 e. The fourth-order valence-corrected chi connectivity index (χ4v) is 8.63. The molecule has 0 bridgehead atoms. The van der Waals surface area contributed by atoms with Crippen molar-refractivity contribution in [2.75, 3.05) is 24.6 Å². The van der Waals surface area contributed by atoms with Crippen LogP contribution < -0.4 is 5.32 Å². The number of fused-ring (bicyclic) bond motifs is 3. The Morgan fingerprint density at radius 1 is 1.07 bits per heavy atom. The number of hydrogen-bond acceptors (Lipinski definition) is 6. The summed E-state index contributed by atoms with van der Waals surface area (Å²) in [4.78, 5) is 15.8. The van der Waals surface area contributed by atoms with Gasteiger partial charge in [0.15, 0.2) is 9.84 Å². The van der Waals surface area contributed by atoms with Gasteiger partial charge < -0.3 is 5.32 Å². The number of amides is 1. The van der Waals surface area contributed by atoms with Gasteiger partial charge in [-0.1, -0.05) is 18.2 Å². The zero-order valence-electron chi connectivity index (χ0n) is 14.7. The SMILES string of the molecule is O=C(NC1CS(=O)(=O)CC1N1CCCC1)c1cc2sc3ccccc3c2s1. The Balaban J connectivity index is 1.41. The second-order valence-corrected chi connectivity index (χ2v) is 11.7. The first-order chi connectivity index (χ1) is 13.0. The van der Waals surface area contributed by atoms with Crippen LogP contribution in [0.4, 0.5) is 0 Å². The van der Waals surface area contributed by atoms with Crippen LogP contribution in [-0.4, -0.2) is 55.9 Å². The normalized spacial score (nSPS) is 25.5. The molecule has 1 aromatic carbocycles. The lowest BCUT2D eigenvalue weighted by Gasteiger charge is -2.28. The van der Waals surface area contributed by atoms with E-state index in [0.29, 0.717) is 4.88 Å². The Hall–Kier alpha value is -1.48. The molecule has 8 heteroatoms. The molecule has 0 radical (unpaired) electrons. The molecule has 0 spiro atoms. The number of carbonyl (C=O) groups is 1. The maximum absolute atomic E-state index is 12.9. The summed E-state index contributed by atoms with van der Waals surface area (Å²) in [5.41, 5.74) is 0. The predicted octanol–water partition coefficient (Wildman–Crippen LogP) is 3.11. The lowest BCUT2D eigenvalue weighted by atomic mass is 10.1. The van der Waals surface area contributed by atoms with Gasteiger partial charge in [0.05, 0.1) is 27.1 Å². The standard InChI is InChI=1S/C19H20N2O3S3/c22-19(17-9-16-18(26-17)12-5-1-2-6-15(12)25-16)20-13-10-27(23,24)11-14(13)21-7-3-4-8-21/h1-2,5-6,9,13-14H,3-4,7-8,10-11H2,(H,20,22). The second-order valence-electron chi connectivity index (χ2n) is 7.37. The van der Waals surface area contributed by atoms with E-state index in [1.54, 1.807) is 11.3 Å². The summed E-state index contributed by atoms with van der Waals surface area (Å²) in [6.07, 6.45) is 2.21. The molecule has 5 nitrogen and oxygen atoms in total. The van der Waals surface area contributed by atoms with E-state index < -0.39 is 9.84 Å². The first kappa shape index (κ1) is 17.6. The minimum absolute atomic E-state index is 0.0442. The van der Waals surface area contributed by atoms with E-state index in [0.717, 1.165) is 35.3 Å². The molecular weight excluding hydrogens is 400 g/mol. The molecule has 142 valence electrons. The fraction of sp³-hybridized carbons (Fsp3) is 0.421. The molecule has 27 heavy (non-hydrogen) atoms. The van der Waals surface area contributed by atoms with Crippen molar-refractivity contribution in [2.24, 2.45) is 0 Å². The van der Waals surface area contributed by atoms with Gasteiger partial charge in [-0.3, -0.25) is 9.69 Å². The molecule has 2 aliphatic heterocycles. The largest absolute Gasteiger partial charge is 0.346 e. The van der Waals surface area contributed by atoms with Gasteiger partial charge in [0.1, 0.15) is 0 Å². The van der Waals surface area contributed by atoms with Gasteiger partial charge in [-0.2, -0.15) is 0 Å². The van der Waals surface area contributed by atoms with E-state index in [-0.39, 0.29) is 29.5 Å². The highest BCUT2D eigenvalue weighted by atomic mass is 32.2. The first-order valence-electron chi connectivity index (χ1n) is 9.17. The third-order valence-corrected chi connectivity index (χ3v) is 9.65. The zero-order chi connectivity index (χ0) is 18.6. The van der Waals surface area contributed by atoms with Crippen LogP contribution in [0.2, 0.25) is 0 Å². The summed E-state index contributed by atoms with van der Waals surface area (Å²) in [6.45, 7) is 1.85. The molecule has 5 rings (SSSR count). The number of likely N-dealkylation sites (tertiary alicyclic amines) is 1. The van der Waals surface area contributed by atoms with Gasteiger partial charge >= 0.3 is 0 Å². The van der Waals surface area contributed by atoms with Crippen molar-refractivity contribution in [2.45, 2.75) is 24.9 Å². The summed E-state index contributed by atoms with van der Waals surface area (Å²) < 4.78 is 27.9. The highest BCUT2D eigenvalue weighted by Crippen LogP contribution is 2.39. The number of rotatable bonds is 3. The highest BCUT2D eigenvalue weighted by Gasteiger charge is 2.42. The Morgan fingerprint density at radius 3 is 2.67 bits per heavy atom. The maximum atomic E-state index is 12.9. The zero-order valence-corrected chi connectivity index (χ0v) is 17.1. The highest BCUT2D eigenvalue weighted by molar-refractivity contribution is 7.91. The number of nitrogens with zero attached hydrogens (tertiary/aromatic N) is 1. The van der Waals surface area contributed by atoms with Gasteiger partial charge in [-0.15, -0.1) is 22.7 Å². The average molecular weight is 421 g/mol. The third kappa shape index (κ3) is 3.18. The molecule has 2 atom stereocenters. The predicted molar refractivity (Wildman–Crippen MR) is 112 cm³/mol. The van der Waals surface area contributed by atoms with Crippen LogP contribution in [-0.2, 0) is 9.84 Å². The van der Waals surface area contributed by atoms with Crippen LogP contribution in [0.3, 0.4) is 0 Å². The molecule has 0 aliphatic carbocycles. The molecule has 0 saturated carbocycles. The lowest BCUT2D eigenvalue weighted by molar-refractivity contribution is 0.0923. The fourth-order valence-electron chi connectivity index (χ4n) is 4.25. The van der Waals surface area contributed by atoms with Crippen LogP contribution in [0.25, 0.3) is 19.5 Å². The van der Waals surface area contributed by atoms with E-state index in [2.05, 4.69) is 22.3 Å². The monoisotopic (exact) mass is 420 g/mol. The summed E-state index contributed by atoms with van der Waals surface area (Å²) in [6, 6.07) is 9.73. The summed E-state index contributed by atoms with van der Waals surface area (Å²) in [5.74, 6) is 0.0452. The van der Waals surface area contributed by atoms with Crippen molar-refractivity contribution in [3.63, 3.8) is 0 Å². The van der Waals surface area contributed by atoms with E-state index in [9.17, 15) is 13.2 Å². The van der Waals surface area contributed by atoms with Crippen LogP contribution in [0.15, 0.2) is 30.3 Å². The van der Waals surface area contributed by atoms with Crippen LogP contribution in [0.1, 0.15) is 22.5 Å². The topological polar surface area (TPSA) is 66.5 Å². The van der Waals surface area contributed by atoms with Crippen molar-refractivity contribution < 1.29 is 13.2 Å². The maximum Gasteiger partial charge on any atom is 0.261 e. The van der Waals surface area contributed by atoms with E-state index in [4.69, 9.17) is 0 Å². The molecular formula is C19H20N2O3S3. The van der Waals surface area contributed by atoms with Crippen molar-refractivity contribution in [1.82, 2.24) is 10.2 Å². The van der Waals surface area contributed by atoms with Gasteiger partial charge in [-0.25, -0.2) is 8.42 Å². The molecule has 2 fully saturated rings. The minimum Gasteiger partial charge on any atom is -0.346 e. The number of hydrogen-bond donors (Lipinski definition) is 1. The van der Waals surface area contributed by atoms with E-state index >= 15 is 0 Å². The van der Waals surface area contributed by atoms with Crippen LogP contribution in [0.5, 0.6) is 0 Å². The number of nitrogens with one attached hydrogen (secondary N) is 1. The number of sulfone groups is 1. The Bertz CT molecular complexity index is 1130. The van der Waals surface area contributed by atoms with Crippen LogP contribution >= 0.6 is 22.7 Å². The quantitative estimate of drug-likeness (QED) is 0.707. The molecule has 3 aromatic rings.